The molecule has 3 N–H and O–H groups in total. The molecule has 1 saturated heterocycles. The number of nitrogens with zero attached hydrogens (tertiary/aromatic N) is 1. The Hall–Kier alpha value is -0.270. The summed E-state index contributed by atoms with van der Waals surface area (Å²) in [5, 5.41) is 17.0. The minimum atomic E-state index is -1.44. The highest BCUT2D eigenvalue weighted by atomic mass is 19.1. The SMILES string of the molecule is COC(C)CCN1CCNCCNCC1(O)C(C)F. The number of alkyl halides is 1. The van der Waals surface area contributed by atoms with E-state index < -0.39 is 11.9 Å². The number of β-amino-alcohol motifs (C(OH)–C–C–N with tert-alkyl or cyclic N) is 1. The van der Waals surface area contributed by atoms with Crippen LogP contribution in [0.4, 0.5) is 4.39 Å². The Morgan fingerprint density at radius 1 is 1.32 bits per heavy atom. The zero-order valence-electron chi connectivity index (χ0n) is 12.3. The smallest absolute Gasteiger partial charge is 0.162 e. The first kappa shape index (κ1) is 16.8. The van der Waals surface area contributed by atoms with Crippen molar-refractivity contribution >= 4 is 0 Å². The van der Waals surface area contributed by atoms with Crippen molar-refractivity contribution in [2.75, 3.05) is 46.4 Å². The molecule has 3 atom stereocenters. The molecule has 1 aliphatic heterocycles. The van der Waals surface area contributed by atoms with Gasteiger partial charge in [-0.25, -0.2) is 4.39 Å². The van der Waals surface area contributed by atoms with Crippen LogP contribution in [0.1, 0.15) is 20.3 Å². The maximum Gasteiger partial charge on any atom is 0.162 e. The standard InChI is InChI=1S/C13H28FN3O2/c1-11(19-3)4-8-17-9-7-15-5-6-16-10-13(17,18)12(2)14/h11-12,15-16,18H,4-10H2,1-3H3. The zero-order valence-corrected chi connectivity index (χ0v) is 12.3. The fourth-order valence-electron chi connectivity index (χ4n) is 2.25. The minimum absolute atomic E-state index is 0.104. The molecule has 1 aliphatic rings. The highest BCUT2D eigenvalue weighted by Gasteiger charge is 2.40. The summed E-state index contributed by atoms with van der Waals surface area (Å²) in [7, 11) is 1.66. The molecule has 0 aromatic heterocycles. The predicted molar refractivity (Wildman–Crippen MR) is 73.9 cm³/mol. The van der Waals surface area contributed by atoms with Crippen LogP contribution in [0.25, 0.3) is 0 Å². The van der Waals surface area contributed by atoms with Crippen LogP contribution in [-0.4, -0.2) is 74.4 Å². The average molecular weight is 277 g/mol. The van der Waals surface area contributed by atoms with Crippen LogP contribution in [0.3, 0.4) is 0 Å². The lowest BCUT2D eigenvalue weighted by atomic mass is 10.1. The fourth-order valence-corrected chi connectivity index (χ4v) is 2.25. The molecule has 3 unspecified atom stereocenters. The third-order valence-electron chi connectivity index (χ3n) is 3.81. The average Bonchev–Trinajstić information content (AvgIpc) is 2.47. The van der Waals surface area contributed by atoms with Gasteiger partial charge in [-0.1, -0.05) is 0 Å². The molecule has 0 saturated carbocycles. The van der Waals surface area contributed by atoms with Crippen LogP contribution < -0.4 is 10.6 Å². The van der Waals surface area contributed by atoms with Gasteiger partial charge in [0.15, 0.2) is 5.72 Å². The van der Waals surface area contributed by atoms with Gasteiger partial charge in [0.2, 0.25) is 0 Å². The molecule has 5 nitrogen and oxygen atoms in total. The molecule has 1 rings (SSSR count). The molecule has 0 aromatic carbocycles. The summed E-state index contributed by atoms with van der Waals surface area (Å²) in [6.45, 7) is 7.19. The van der Waals surface area contributed by atoms with Gasteiger partial charge in [0.1, 0.15) is 6.17 Å². The van der Waals surface area contributed by atoms with Crippen LogP contribution in [-0.2, 0) is 4.74 Å². The second kappa shape index (κ2) is 8.11. The Balaban J connectivity index is 2.70. The van der Waals surface area contributed by atoms with Crippen LogP contribution in [0, 0.1) is 0 Å². The molecule has 0 bridgehead atoms. The zero-order chi connectivity index (χ0) is 14.3. The highest BCUT2D eigenvalue weighted by molar-refractivity contribution is 4.89. The van der Waals surface area contributed by atoms with Gasteiger partial charge >= 0.3 is 0 Å². The first-order valence-corrected chi connectivity index (χ1v) is 7.06. The van der Waals surface area contributed by atoms with Crippen LogP contribution in [0.5, 0.6) is 0 Å². The topological polar surface area (TPSA) is 56.8 Å². The van der Waals surface area contributed by atoms with Crippen LogP contribution >= 0.6 is 0 Å². The Kier molecular flexibility index (Phi) is 7.17. The van der Waals surface area contributed by atoms with Gasteiger partial charge in [0, 0.05) is 46.4 Å². The van der Waals surface area contributed by atoms with Crippen molar-refractivity contribution in [2.45, 2.75) is 38.3 Å². The third kappa shape index (κ3) is 4.96. The number of ether oxygens (including phenoxy) is 1. The molecule has 0 aliphatic carbocycles. The number of hydrogen-bond donors (Lipinski definition) is 3. The van der Waals surface area contributed by atoms with Crippen molar-refractivity contribution < 1.29 is 14.2 Å². The monoisotopic (exact) mass is 277 g/mol. The van der Waals surface area contributed by atoms with Gasteiger partial charge < -0.3 is 20.5 Å². The molecular weight excluding hydrogens is 249 g/mol. The molecule has 1 fully saturated rings. The maximum absolute atomic E-state index is 13.9. The van der Waals surface area contributed by atoms with E-state index >= 15 is 0 Å². The Morgan fingerprint density at radius 3 is 2.63 bits per heavy atom. The summed E-state index contributed by atoms with van der Waals surface area (Å²) in [6, 6.07) is 0. The normalized spacial score (nSPS) is 30.2. The van der Waals surface area contributed by atoms with E-state index in [0.29, 0.717) is 13.1 Å². The predicted octanol–water partition coefficient (Wildman–Crippen LogP) is -0.0472. The van der Waals surface area contributed by atoms with Crippen molar-refractivity contribution in [1.82, 2.24) is 15.5 Å². The van der Waals surface area contributed by atoms with Gasteiger partial charge in [-0.3, -0.25) is 4.90 Å². The molecule has 0 spiro atoms. The van der Waals surface area contributed by atoms with Gasteiger partial charge in [-0.05, 0) is 20.3 Å². The molecule has 0 amide bonds. The molecule has 19 heavy (non-hydrogen) atoms. The summed E-state index contributed by atoms with van der Waals surface area (Å²) < 4.78 is 19.1. The van der Waals surface area contributed by atoms with Gasteiger partial charge in [0.25, 0.3) is 0 Å². The van der Waals surface area contributed by atoms with E-state index in [0.717, 1.165) is 26.1 Å². The van der Waals surface area contributed by atoms with Crippen molar-refractivity contribution in [3.63, 3.8) is 0 Å². The van der Waals surface area contributed by atoms with E-state index in [1.807, 2.05) is 11.8 Å². The van der Waals surface area contributed by atoms with Gasteiger partial charge in [-0.15, -0.1) is 0 Å². The van der Waals surface area contributed by atoms with Crippen LogP contribution in [0.2, 0.25) is 0 Å². The number of rotatable bonds is 5. The number of methoxy groups -OCH3 is 1. The first-order chi connectivity index (χ1) is 9.00. The lowest BCUT2D eigenvalue weighted by Crippen LogP contribution is -2.61. The van der Waals surface area contributed by atoms with Crippen LogP contribution in [0.15, 0.2) is 0 Å². The quantitative estimate of drug-likeness (QED) is 0.658. The molecule has 6 heteroatoms. The molecular formula is C13H28FN3O2. The Bertz CT molecular complexity index is 256. The largest absolute Gasteiger partial charge is 0.382 e. The van der Waals surface area contributed by atoms with Crippen molar-refractivity contribution in [3.05, 3.63) is 0 Å². The van der Waals surface area contributed by atoms with Gasteiger partial charge in [-0.2, -0.15) is 0 Å². The summed E-state index contributed by atoms with van der Waals surface area (Å²) in [5.74, 6) is 0. The Labute approximate surface area is 115 Å². The number of halogens is 1. The van der Waals surface area contributed by atoms with E-state index in [9.17, 15) is 9.50 Å². The Morgan fingerprint density at radius 2 is 2.00 bits per heavy atom. The molecule has 0 aromatic rings. The number of nitrogens with one attached hydrogen (secondary N) is 2. The highest BCUT2D eigenvalue weighted by Crippen LogP contribution is 2.20. The summed E-state index contributed by atoms with van der Waals surface area (Å²) in [6.07, 6.45) is -0.436. The maximum atomic E-state index is 13.9. The second-order valence-electron chi connectivity index (χ2n) is 5.24. The fraction of sp³-hybridized carbons (Fsp3) is 1.00. The van der Waals surface area contributed by atoms with E-state index in [1.54, 1.807) is 7.11 Å². The molecule has 1 heterocycles. The van der Waals surface area contributed by atoms with E-state index in [1.165, 1.54) is 6.92 Å². The number of aliphatic hydroxyl groups is 1. The van der Waals surface area contributed by atoms with E-state index in [4.69, 9.17) is 4.74 Å². The van der Waals surface area contributed by atoms with E-state index in [2.05, 4.69) is 10.6 Å². The van der Waals surface area contributed by atoms with Crippen molar-refractivity contribution in [2.24, 2.45) is 0 Å². The second-order valence-corrected chi connectivity index (χ2v) is 5.24. The van der Waals surface area contributed by atoms with E-state index in [-0.39, 0.29) is 12.6 Å². The molecule has 114 valence electrons. The third-order valence-corrected chi connectivity index (χ3v) is 3.81. The van der Waals surface area contributed by atoms with Crippen molar-refractivity contribution in [1.29, 1.82) is 0 Å². The number of hydrogen-bond acceptors (Lipinski definition) is 5. The lowest BCUT2D eigenvalue weighted by molar-refractivity contribution is -0.150. The lowest BCUT2D eigenvalue weighted by Gasteiger charge is -2.41. The summed E-state index contributed by atoms with van der Waals surface area (Å²) in [4.78, 5) is 1.82. The first-order valence-electron chi connectivity index (χ1n) is 7.06. The summed E-state index contributed by atoms with van der Waals surface area (Å²) >= 11 is 0. The minimum Gasteiger partial charge on any atom is -0.382 e. The molecule has 0 radical (unpaired) electrons. The van der Waals surface area contributed by atoms with Gasteiger partial charge in [0.05, 0.1) is 6.10 Å². The summed E-state index contributed by atoms with van der Waals surface area (Å²) in [5.41, 5.74) is -1.44. The van der Waals surface area contributed by atoms with Crippen molar-refractivity contribution in [3.8, 4) is 0 Å².